The fourth-order valence-electron chi connectivity index (χ4n) is 7.95. The van der Waals surface area contributed by atoms with E-state index in [0.717, 1.165) is 12.0 Å². The minimum Gasteiger partial charge on any atom is -0.481 e. The first-order valence-corrected chi connectivity index (χ1v) is 13.9. The minimum atomic E-state index is -1.08. The maximum absolute atomic E-state index is 12.6. The number of carbonyl (C=O) groups excluding carboxylic acids is 1. The van der Waals surface area contributed by atoms with Crippen LogP contribution in [-0.2, 0) is 14.3 Å². The summed E-state index contributed by atoms with van der Waals surface area (Å²) in [4.78, 5) is 24.7. The van der Waals surface area contributed by atoms with E-state index in [0.29, 0.717) is 44.1 Å². The normalized spacial score (nSPS) is 35.3. The Kier molecular flexibility index (Phi) is 8.33. The fourth-order valence-corrected chi connectivity index (χ4v) is 7.95. The molecular formula is C32H48O6. The average molecular weight is 529 g/mol. The Morgan fingerprint density at radius 3 is 2.32 bits per heavy atom. The average Bonchev–Trinajstić information content (AvgIpc) is 3.02. The van der Waals surface area contributed by atoms with E-state index in [1.165, 1.54) is 18.3 Å². The second-order valence-corrected chi connectivity index (χ2v) is 13.3. The highest BCUT2D eigenvalue weighted by molar-refractivity contribution is 5.71. The number of esters is 1. The molecular weight excluding hydrogens is 480 g/mol. The van der Waals surface area contributed by atoms with Crippen LogP contribution in [0.25, 0.3) is 0 Å². The Labute approximate surface area is 228 Å². The summed E-state index contributed by atoms with van der Waals surface area (Å²) in [6.07, 6.45) is 7.33. The van der Waals surface area contributed by atoms with Crippen molar-refractivity contribution in [1.82, 2.24) is 0 Å². The van der Waals surface area contributed by atoms with E-state index in [9.17, 15) is 24.9 Å². The molecule has 0 aliphatic heterocycles. The summed E-state index contributed by atoms with van der Waals surface area (Å²) in [5.74, 6) is -2.18. The third-order valence-corrected chi connectivity index (χ3v) is 10.6. The molecule has 0 aromatic carbocycles. The van der Waals surface area contributed by atoms with E-state index in [1.807, 2.05) is 6.92 Å². The molecule has 0 heterocycles. The molecule has 38 heavy (non-hydrogen) atoms. The molecule has 3 aliphatic rings. The lowest BCUT2D eigenvalue weighted by Crippen LogP contribution is -2.48. The molecule has 7 atom stereocenters. The third-order valence-electron chi connectivity index (χ3n) is 10.6. The SMILES string of the molecule is C=C(C)[C@@H]1CC=C2C(=CC[C@]3(C)[C@@H]([C@@H](CCC(=C)C(C)(C)O)C(=O)O)[C@H](O)C[C@@]23C)[C@@]1(C)CCC(=O)OC. The number of rotatable bonds is 10. The van der Waals surface area contributed by atoms with Crippen molar-refractivity contribution in [3.8, 4) is 0 Å². The van der Waals surface area contributed by atoms with Gasteiger partial charge in [-0.1, -0.05) is 51.7 Å². The summed E-state index contributed by atoms with van der Waals surface area (Å²) in [7, 11) is 1.41. The highest BCUT2D eigenvalue weighted by Gasteiger charge is 2.65. The second kappa shape index (κ2) is 10.4. The Hall–Kier alpha value is -2.18. The number of allylic oxidation sites excluding steroid dienone is 5. The van der Waals surface area contributed by atoms with Crippen LogP contribution in [0.4, 0.5) is 0 Å². The molecule has 3 rings (SSSR count). The molecule has 0 radical (unpaired) electrons. The number of carboxylic acid groups (broad SMARTS) is 1. The molecule has 212 valence electrons. The topological polar surface area (TPSA) is 104 Å². The molecule has 6 nitrogen and oxygen atoms in total. The van der Waals surface area contributed by atoms with Crippen molar-refractivity contribution >= 4 is 11.9 Å². The number of carbonyl (C=O) groups is 2. The predicted molar refractivity (Wildman–Crippen MR) is 149 cm³/mol. The van der Waals surface area contributed by atoms with Crippen molar-refractivity contribution in [1.29, 1.82) is 0 Å². The molecule has 0 aromatic heterocycles. The molecule has 6 heteroatoms. The van der Waals surface area contributed by atoms with Gasteiger partial charge < -0.3 is 20.1 Å². The maximum atomic E-state index is 12.6. The highest BCUT2D eigenvalue weighted by atomic mass is 16.5. The van der Waals surface area contributed by atoms with Gasteiger partial charge in [-0.25, -0.2) is 0 Å². The molecule has 3 N–H and O–H groups in total. The number of hydrogen-bond donors (Lipinski definition) is 3. The van der Waals surface area contributed by atoms with Gasteiger partial charge in [0.2, 0.25) is 0 Å². The van der Waals surface area contributed by atoms with Gasteiger partial charge >= 0.3 is 11.9 Å². The zero-order chi connectivity index (χ0) is 28.8. The van der Waals surface area contributed by atoms with Crippen molar-refractivity contribution in [2.45, 2.75) is 98.2 Å². The molecule has 0 bridgehead atoms. The van der Waals surface area contributed by atoms with Gasteiger partial charge in [-0.15, -0.1) is 0 Å². The molecule has 1 fully saturated rings. The third kappa shape index (κ3) is 4.95. The van der Waals surface area contributed by atoms with Gasteiger partial charge in [0.1, 0.15) is 0 Å². The van der Waals surface area contributed by atoms with Crippen LogP contribution in [0.1, 0.15) is 86.5 Å². The van der Waals surface area contributed by atoms with E-state index < -0.39 is 40.3 Å². The smallest absolute Gasteiger partial charge is 0.306 e. The first-order chi connectivity index (χ1) is 17.4. The van der Waals surface area contributed by atoms with Gasteiger partial charge in [-0.3, -0.25) is 9.59 Å². The van der Waals surface area contributed by atoms with Crippen LogP contribution in [0.2, 0.25) is 0 Å². The van der Waals surface area contributed by atoms with Crippen LogP contribution in [0.15, 0.2) is 47.6 Å². The summed E-state index contributed by atoms with van der Waals surface area (Å²) in [5.41, 5.74) is 1.77. The number of hydrogen-bond acceptors (Lipinski definition) is 5. The lowest BCUT2D eigenvalue weighted by molar-refractivity contribution is -0.148. The maximum Gasteiger partial charge on any atom is 0.306 e. The van der Waals surface area contributed by atoms with Gasteiger partial charge in [0.05, 0.1) is 24.7 Å². The standard InChI is InChI=1S/C32H48O6/c1-19(2)22-12-13-24-23(30(22,6)16-15-26(34)38-9)14-17-31(7)27(25(33)18-32(24,31)8)21(28(35)36)11-10-20(3)29(4,5)37/h13-14,21-22,25,27,33,37H,1,3,10-12,15-18H2,2,4-9H3,(H,35,36)/t21-,22+,25-,27+,30+,31-,32+/m1/s1. The highest BCUT2D eigenvalue weighted by Crippen LogP contribution is 2.70. The quantitative estimate of drug-likeness (QED) is 0.237. The van der Waals surface area contributed by atoms with Gasteiger partial charge in [-0.2, -0.15) is 0 Å². The van der Waals surface area contributed by atoms with E-state index in [2.05, 4.69) is 46.1 Å². The number of aliphatic carboxylic acids is 1. The van der Waals surface area contributed by atoms with Gasteiger partial charge in [-0.05, 0) is 92.8 Å². The molecule has 0 aromatic rings. The van der Waals surface area contributed by atoms with E-state index in [1.54, 1.807) is 13.8 Å². The van der Waals surface area contributed by atoms with Gasteiger partial charge in [0.15, 0.2) is 0 Å². The second-order valence-electron chi connectivity index (χ2n) is 13.3. The van der Waals surface area contributed by atoms with E-state index in [-0.39, 0.29) is 17.3 Å². The van der Waals surface area contributed by atoms with E-state index >= 15 is 0 Å². The Morgan fingerprint density at radius 2 is 1.79 bits per heavy atom. The van der Waals surface area contributed by atoms with Crippen LogP contribution in [0.5, 0.6) is 0 Å². The minimum absolute atomic E-state index is 0.178. The van der Waals surface area contributed by atoms with E-state index in [4.69, 9.17) is 4.74 Å². The van der Waals surface area contributed by atoms with Crippen LogP contribution >= 0.6 is 0 Å². The van der Waals surface area contributed by atoms with Gasteiger partial charge in [0, 0.05) is 17.8 Å². The van der Waals surface area contributed by atoms with Crippen molar-refractivity contribution in [2.75, 3.05) is 7.11 Å². The molecule has 0 spiro atoms. The summed E-state index contributed by atoms with van der Waals surface area (Å²) in [5, 5.41) is 32.1. The zero-order valence-electron chi connectivity index (χ0n) is 24.4. The van der Waals surface area contributed by atoms with Crippen LogP contribution in [0, 0.1) is 34.0 Å². The molecule has 0 saturated heterocycles. The first kappa shape index (κ1) is 30.4. The van der Waals surface area contributed by atoms with Crippen LogP contribution in [-0.4, -0.2) is 46.1 Å². The number of ether oxygens (including phenoxy) is 1. The number of aliphatic hydroxyl groups is 2. The van der Waals surface area contributed by atoms with Crippen molar-refractivity contribution in [3.63, 3.8) is 0 Å². The molecule has 1 saturated carbocycles. The first-order valence-electron chi connectivity index (χ1n) is 13.9. The Balaban J connectivity index is 2.04. The molecule has 0 amide bonds. The molecule has 3 aliphatic carbocycles. The zero-order valence-corrected chi connectivity index (χ0v) is 24.4. The summed E-state index contributed by atoms with van der Waals surface area (Å²) in [6, 6.07) is 0. The number of methoxy groups -OCH3 is 1. The summed E-state index contributed by atoms with van der Waals surface area (Å²) in [6.45, 7) is 20.2. The van der Waals surface area contributed by atoms with Crippen LogP contribution < -0.4 is 0 Å². The Morgan fingerprint density at radius 1 is 1.16 bits per heavy atom. The summed E-state index contributed by atoms with van der Waals surface area (Å²) >= 11 is 0. The number of aliphatic hydroxyl groups excluding tert-OH is 1. The lowest BCUT2D eigenvalue weighted by atomic mass is 9.48. The van der Waals surface area contributed by atoms with Gasteiger partial charge in [0.25, 0.3) is 0 Å². The van der Waals surface area contributed by atoms with Crippen molar-refractivity contribution in [2.24, 2.45) is 34.0 Å². The monoisotopic (exact) mass is 528 g/mol. The molecule has 0 unspecified atom stereocenters. The fraction of sp³-hybridized carbons (Fsp3) is 0.688. The van der Waals surface area contributed by atoms with Crippen LogP contribution in [0.3, 0.4) is 0 Å². The predicted octanol–water partition coefficient (Wildman–Crippen LogP) is 6.00. The van der Waals surface area contributed by atoms with Crippen molar-refractivity contribution < 1.29 is 29.6 Å². The largest absolute Gasteiger partial charge is 0.481 e. The summed E-state index contributed by atoms with van der Waals surface area (Å²) < 4.78 is 4.95. The van der Waals surface area contributed by atoms with Crippen molar-refractivity contribution in [3.05, 3.63) is 47.6 Å². The number of carboxylic acids is 1. The number of fused-ring (bicyclic) bond motifs is 3. The lowest BCUT2D eigenvalue weighted by Gasteiger charge is -2.56. The Bertz CT molecular complexity index is 1060.